The van der Waals surface area contributed by atoms with Crippen molar-refractivity contribution in [1.29, 1.82) is 0 Å². The average molecular weight is 284 g/mol. The molecule has 0 aliphatic heterocycles. The number of hydrogen-bond donors (Lipinski definition) is 3. The first kappa shape index (κ1) is 16.8. The fourth-order valence-electron chi connectivity index (χ4n) is 2.92. The number of rotatable bonds is 8. The van der Waals surface area contributed by atoms with Gasteiger partial charge in [-0.05, 0) is 31.1 Å². The van der Waals surface area contributed by atoms with E-state index in [1.54, 1.807) is 0 Å². The Hall–Kier alpha value is -1.26. The van der Waals surface area contributed by atoms with E-state index in [9.17, 15) is 9.59 Å². The molecule has 0 saturated heterocycles. The normalized spacial score (nSPS) is 18.5. The molecule has 0 heterocycles. The molecule has 1 unspecified atom stereocenters. The van der Waals surface area contributed by atoms with Gasteiger partial charge in [-0.15, -0.1) is 0 Å². The van der Waals surface area contributed by atoms with Gasteiger partial charge in [0.25, 0.3) is 0 Å². The highest BCUT2D eigenvalue weighted by Gasteiger charge is 2.32. The number of carboxylic acid groups (broad SMARTS) is 1. The monoisotopic (exact) mass is 284 g/mol. The van der Waals surface area contributed by atoms with E-state index in [2.05, 4.69) is 17.6 Å². The zero-order chi connectivity index (χ0) is 15.0. The number of hydrogen-bond acceptors (Lipinski definition) is 2. The Kier molecular flexibility index (Phi) is 6.82. The zero-order valence-corrected chi connectivity index (χ0v) is 12.7. The lowest BCUT2D eigenvalue weighted by molar-refractivity contribution is -0.139. The predicted molar refractivity (Wildman–Crippen MR) is 78.7 cm³/mol. The lowest BCUT2D eigenvalue weighted by Crippen LogP contribution is -2.48. The Labute approximate surface area is 121 Å². The molecule has 1 atom stereocenters. The minimum absolute atomic E-state index is 0.222. The molecule has 3 N–H and O–H groups in total. The highest BCUT2D eigenvalue weighted by molar-refractivity contribution is 5.82. The summed E-state index contributed by atoms with van der Waals surface area (Å²) in [7, 11) is 0. The van der Waals surface area contributed by atoms with Gasteiger partial charge in [-0.2, -0.15) is 0 Å². The van der Waals surface area contributed by atoms with Crippen LogP contribution in [0.3, 0.4) is 0 Å². The third kappa shape index (κ3) is 5.02. The van der Waals surface area contributed by atoms with Crippen molar-refractivity contribution < 1.29 is 14.7 Å². The highest BCUT2D eigenvalue weighted by Crippen LogP contribution is 2.40. The first-order chi connectivity index (χ1) is 9.53. The van der Waals surface area contributed by atoms with Gasteiger partial charge >= 0.3 is 12.0 Å². The lowest BCUT2D eigenvalue weighted by Gasteiger charge is -2.28. The van der Waals surface area contributed by atoms with Gasteiger partial charge in [0.1, 0.15) is 6.04 Å². The van der Waals surface area contributed by atoms with E-state index < -0.39 is 12.0 Å². The molecule has 0 aromatic rings. The van der Waals surface area contributed by atoms with Crippen LogP contribution < -0.4 is 10.6 Å². The van der Waals surface area contributed by atoms with Crippen LogP contribution >= 0.6 is 0 Å². The number of carbonyl (C=O) groups excluding carboxylic acids is 1. The van der Waals surface area contributed by atoms with E-state index in [1.165, 1.54) is 12.8 Å². The van der Waals surface area contributed by atoms with Crippen LogP contribution in [0.5, 0.6) is 0 Å². The van der Waals surface area contributed by atoms with Gasteiger partial charge in [0.2, 0.25) is 0 Å². The molecule has 0 spiro atoms. The second-order valence-corrected chi connectivity index (χ2v) is 5.92. The minimum atomic E-state index is -0.959. The molecule has 2 amide bonds. The SMILES string of the molecule is CCCCC(NC(=O)NCC1(CC)CCCC1)C(=O)O. The number of amides is 2. The lowest BCUT2D eigenvalue weighted by atomic mass is 9.83. The van der Waals surface area contributed by atoms with Crippen LogP contribution in [0.15, 0.2) is 0 Å². The fraction of sp³-hybridized carbons (Fsp3) is 0.867. The van der Waals surface area contributed by atoms with Crippen molar-refractivity contribution in [2.45, 2.75) is 71.3 Å². The molecular weight excluding hydrogens is 256 g/mol. The van der Waals surface area contributed by atoms with E-state index in [-0.39, 0.29) is 11.4 Å². The van der Waals surface area contributed by atoms with Crippen molar-refractivity contribution in [2.75, 3.05) is 6.54 Å². The van der Waals surface area contributed by atoms with Gasteiger partial charge in [0.15, 0.2) is 0 Å². The molecule has 0 bridgehead atoms. The van der Waals surface area contributed by atoms with E-state index in [0.717, 1.165) is 32.1 Å². The van der Waals surface area contributed by atoms with Gasteiger partial charge in [-0.1, -0.05) is 39.5 Å². The highest BCUT2D eigenvalue weighted by atomic mass is 16.4. The number of aliphatic carboxylic acids is 1. The molecule has 5 nitrogen and oxygen atoms in total. The summed E-state index contributed by atoms with van der Waals surface area (Å²) in [5.41, 5.74) is 0.222. The van der Waals surface area contributed by atoms with Crippen molar-refractivity contribution in [3.63, 3.8) is 0 Å². The number of carboxylic acids is 1. The van der Waals surface area contributed by atoms with E-state index in [4.69, 9.17) is 5.11 Å². The Morgan fingerprint density at radius 2 is 1.90 bits per heavy atom. The third-order valence-corrected chi connectivity index (χ3v) is 4.49. The zero-order valence-electron chi connectivity index (χ0n) is 12.7. The Morgan fingerprint density at radius 1 is 1.25 bits per heavy atom. The molecule has 0 radical (unpaired) electrons. The topological polar surface area (TPSA) is 78.4 Å². The van der Waals surface area contributed by atoms with E-state index >= 15 is 0 Å². The average Bonchev–Trinajstić information content (AvgIpc) is 2.90. The second-order valence-electron chi connectivity index (χ2n) is 5.92. The van der Waals surface area contributed by atoms with Crippen LogP contribution in [0.25, 0.3) is 0 Å². The summed E-state index contributed by atoms with van der Waals surface area (Å²) in [6, 6.07) is -1.13. The van der Waals surface area contributed by atoms with Crippen LogP contribution in [0.1, 0.15) is 65.2 Å². The van der Waals surface area contributed by atoms with Crippen LogP contribution in [0, 0.1) is 5.41 Å². The maximum absolute atomic E-state index is 11.9. The predicted octanol–water partition coefficient (Wildman–Crippen LogP) is 2.90. The summed E-state index contributed by atoms with van der Waals surface area (Å²) in [4.78, 5) is 22.9. The fourth-order valence-corrected chi connectivity index (χ4v) is 2.92. The van der Waals surface area contributed by atoms with Crippen molar-refractivity contribution in [2.24, 2.45) is 5.41 Å². The molecule has 116 valence electrons. The van der Waals surface area contributed by atoms with Gasteiger partial charge in [-0.3, -0.25) is 0 Å². The molecule has 1 aliphatic carbocycles. The maximum atomic E-state index is 11.9. The Bertz CT molecular complexity index is 325. The number of carbonyl (C=O) groups is 2. The van der Waals surface area contributed by atoms with Crippen LogP contribution in [-0.4, -0.2) is 29.7 Å². The van der Waals surface area contributed by atoms with E-state index in [1.807, 2.05) is 6.92 Å². The van der Waals surface area contributed by atoms with Crippen molar-refractivity contribution in [3.8, 4) is 0 Å². The van der Waals surface area contributed by atoms with Gasteiger partial charge in [-0.25, -0.2) is 9.59 Å². The van der Waals surface area contributed by atoms with Crippen molar-refractivity contribution in [3.05, 3.63) is 0 Å². The third-order valence-electron chi connectivity index (χ3n) is 4.49. The van der Waals surface area contributed by atoms with Crippen molar-refractivity contribution >= 4 is 12.0 Å². The van der Waals surface area contributed by atoms with Gasteiger partial charge in [0, 0.05) is 6.54 Å². The largest absolute Gasteiger partial charge is 0.480 e. The molecule has 20 heavy (non-hydrogen) atoms. The second kappa shape index (κ2) is 8.12. The first-order valence-electron chi connectivity index (χ1n) is 7.80. The molecule has 1 saturated carbocycles. The minimum Gasteiger partial charge on any atom is -0.480 e. The summed E-state index contributed by atoms with van der Waals surface area (Å²) in [6.07, 6.45) is 8.03. The maximum Gasteiger partial charge on any atom is 0.326 e. The first-order valence-corrected chi connectivity index (χ1v) is 7.80. The molecule has 0 aromatic carbocycles. The number of nitrogens with one attached hydrogen (secondary N) is 2. The molecule has 5 heteroatoms. The summed E-state index contributed by atoms with van der Waals surface area (Å²) < 4.78 is 0. The molecule has 1 aliphatic rings. The van der Waals surface area contributed by atoms with Gasteiger partial charge < -0.3 is 15.7 Å². The molecular formula is C15H28N2O3. The summed E-state index contributed by atoms with van der Waals surface area (Å²) >= 11 is 0. The van der Waals surface area contributed by atoms with Crippen LogP contribution in [-0.2, 0) is 4.79 Å². The van der Waals surface area contributed by atoms with Crippen LogP contribution in [0.4, 0.5) is 4.79 Å². The van der Waals surface area contributed by atoms with Gasteiger partial charge in [0.05, 0.1) is 0 Å². The standard InChI is InChI=1S/C15H28N2O3/c1-3-5-8-12(13(18)19)17-14(20)16-11-15(4-2)9-6-7-10-15/h12H,3-11H2,1-2H3,(H,18,19)(H2,16,17,20). The Balaban J connectivity index is 2.39. The quantitative estimate of drug-likeness (QED) is 0.641. The molecule has 0 aromatic heterocycles. The van der Waals surface area contributed by atoms with Crippen molar-refractivity contribution in [1.82, 2.24) is 10.6 Å². The smallest absolute Gasteiger partial charge is 0.326 e. The molecule has 1 rings (SSSR count). The Morgan fingerprint density at radius 3 is 2.40 bits per heavy atom. The van der Waals surface area contributed by atoms with Crippen LogP contribution in [0.2, 0.25) is 0 Å². The molecule has 1 fully saturated rings. The number of urea groups is 1. The number of unbranched alkanes of at least 4 members (excludes halogenated alkanes) is 1. The summed E-state index contributed by atoms with van der Waals surface area (Å²) in [5, 5.41) is 14.5. The summed E-state index contributed by atoms with van der Waals surface area (Å²) in [5.74, 6) is -0.959. The van der Waals surface area contributed by atoms with E-state index in [0.29, 0.717) is 13.0 Å². The summed E-state index contributed by atoms with van der Waals surface area (Å²) in [6.45, 7) is 4.81.